The highest BCUT2D eigenvalue weighted by Crippen LogP contribution is 2.43. The molecule has 0 atom stereocenters. The molecule has 0 aliphatic rings. The number of benzene rings is 6. The number of hydrogen-bond acceptors (Lipinski definition) is 0. The Morgan fingerprint density at radius 1 is 0.477 bits per heavy atom. The molecule has 6 aromatic carbocycles. The van der Waals surface area contributed by atoms with E-state index in [-0.39, 0.29) is 0 Å². The summed E-state index contributed by atoms with van der Waals surface area (Å²) in [5.41, 5.74) is 10.2. The average Bonchev–Trinajstić information content (AvgIpc) is 3.05. The van der Waals surface area contributed by atoms with Gasteiger partial charge in [-0.3, -0.25) is 0 Å². The second-order valence-electron chi connectivity index (χ2n) is 11.5. The predicted octanol–water partition coefficient (Wildman–Crippen LogP) is 12.7. The second kappa shape index (κ2) is 13.0. The van der Waals surface area contributed by atoms with E-state index in [0.29, 0.717) is 0 Å². The molecule has 0 saturated carbocycles. The van der Waals surface area contributed by atoms with Gasteiger partial charge in [0.05, 0.1) is 0 Å². The van der Waals surface area contributed by atoms with E-state index < -0.39 is 0 Å². The largest absolute Gasteiger partial charge is 0.0623 e. The summed E-state index contributed by atoms with van der Waals surface area (Å²) in [6.07, 6.45) is 15.2. The van der Waals surface area contributed by atoms with Gasteiger partial charge < -0.3 is 0 Å². The first kappa shape index (κ1) is 28.9. The molecule has 0 unspecified atom stereocenters. The Kier molecular flexibility index (Phi) is 8.52. The van der Waals surface area contributed by atoms with Crippen LogP contribution in [0.25, 0.3) is 55.1 Å². The van der Waals surface area contributed by atoms with Crippen LogP contribution in [0.4, 0.5) is 0 Å². The fourth-order valence-electron chi connectivity index (χ4n) is 6.13. The van der Waals surface area contributed by atoms with Crippen LogP contribution in [0.5, 0.6) is 0 Å². The van der Waals surface area contributed by atoms with Gasteiger partial charge in [0, 0.05) is 0 Å². The van der Waals surface area contributed by atoms with E-state index in [4.69, 9.17) is 0 Å². The highest BCUT2D eigenvalue weighted by atomic mass is 14.2. The smallest absolute Gasteiger partial charge is 0.00201 e. The van der Waals surface area contributed by atoms with E-state index in [1.807, 2.05) is 0 Å². The van der Waals surface area contributed by atoms with Gasteiger partial charge in [0.2, 0.25) is 0 Å². The molecular weight excluding hydrogens is 528 g/mol. The Hall–Kier alpha value is -5.20. The van der Waals surface area contributed by atoms with Crippen molar-refractivity contribution in [1.29, 1.82) is 0 Å². The molecule has 6 rings (SSSR count). The van der Waals surface area contributed by atoms with Gasteiger partial charge in [-0.1, -0.05) is 158 Å². The van der Waals surface area contributed by atoms with Gasteiger partial charge in [0.15, 0.2) is 0 Å². The number of hydrogen-bond donors (Lipinski definition) is 0. The van der Waals surface area contributed by atoms with Crippen LogP contribution in [0.1, 0.15) is 37.5 Å². The molecule has 6 aromatic rings. The molecule has 44 heavy (non-hydrogen) atoms. The SMILES string of the molecule is CC(=CC=CC=CC=C(C)c1c2ccccc2c(-c2cccc3ccccc23)c2ccccc12)C(C)=Cc1ccccc1C. The van der Waals surface area contributed by atoms with E-state index in [2.05, 4.69) is 185 Å². The molecule has 0 aliphatic carbocycles. The first-order valence-corrected chi connectivity index (χ1v) is 15.4. The molecule has 0 amide bonds. The van der Waals surface area contributed by atoms with Crippen LogP contribution >= 0.6 is 0 Å². The van der Waals surface area contributed by atoms with Gasteiger partial charge in [-0.05, 0) is 105 Å². The lowest BCUT2D eigenvalue weighted by atomic mass is 9.85. The van der Waals surface area contributed by atoms with Gasteiger partial charge in [-0.15, -0.1) is 0 Å². The minimum Gasteiger partial charge on any atom is -0.0623 e. The van der Waals surface area contributed by atoms with Crippen LogP contribution in [0, 0.1) is 6.92 Å². The van der Waals surface area contributed by atoms with Crippen LogP contribution in [-0.2, 0) is 0 Å². The van der Waals surface area contributed by atoms with Gasteiger partial charge in [-0.25, -0.2) is 0 Å². The third-order valence-electron chi connectivity index (χ3n) is 8.59. The van der Waals surface area contributed by atoms with Gasteiger partial charge >= 0.3 is 0 Å². The Morgan fingerprint density at radius 2 is 1.02 bits per heavy atom. The van der Waals surface area contributed by atoms with E-state index in [0.717, 1.165) is 0 Å². The topological polar surface area (TPSA) is 0 Å². The maximum absolute atomic E-state index is 2.28. The maximum atomic E-state index is 2.28. The highest BCUT2D eigenvalue weighted by molar-refractivity contribution is 6.21. The minimum atomic E-state index is 1.25. The maximum Gasteiger partial charge on any atom is -0.00201 e. The normalized spacial score (nSPS) is 13.2. The lowest BCUT2D eigenvalue weighted by molar-refractivity contribution is 1.35. The summed E-state index contributed by atoms with van der Waals surface area (Å²) in [7, 11) is 0. The standard InChI is InChI=1S/C44H38/c1-31(34(4)30-36-22-10-9-19-32(36)2)18-7-5-6-8-20-33(3)43-39-25-13-15-27-41(39)44(42-28-16-14-26-40(42)43)38-29-17-23-35-21-11-12-24-37(35)38/h5-30H,1-4H3. The third-order valence-corrected chi connectivity index (χ3v) is 8.59. The van der Waals surface area contributed by atoms with Crippen LogP contribution in [0.15, 0.2) is 163 Å². The van der Waals surface area contributed by atoms with Crippen molar-refractivity contribution < 1.29 is 0 Å². The molecule has 0 aromatic heterocycles. The quantitative estimate of drug-likeness (QED) is 0.133. The summed E-state index contributed by atoms with van der Waals surface area (Å²) >= 11 is 0. The van der Waals surface area contributed by atoms with Crippen molar-refractivity contribution in [2.75, 3.05) is 0 Å². The molecule has 0 aliphatic heterocycles. The first-order chi connectivity index (χ1) is 21.5. The van der Waals surface area contributed by atoms with Gasteiger partial charge in [-0.2, -0.15) is 0 Å². The van der Waals surface area contributed by atoms with E-state index in [9.17, 15) is 0 Å². The van der Waals surface area contributed by atoms with E-state index in [1.165, 1.54) is 76.9 Å². The van der Waals surface area contributed by atoms with Crippen LogP contribution < -0.4 is 0 Å². The van der Waals surface area contributed by atoms with E-state index >= 15 is 0 Å². The number of allylic oxidation sites excluding steroid dienone is 9. The lowest BCUT2D eigenvalue weighted by Gasteiger charge is -2.18. The van der Waals surface area contributed by atoms with Crippen molar-refractivity contribution in [3.8, 4) is 11.1 Å². The number of fused-ring (bicyclic) bond motifs is 3. The van der Waals surface area contributed by atoms with Crippen molar-refractivity contribution in [1.82, 2.24) is 0 Å². The molecule has 0 radical (unpaired) electrons. The van der Waals surface area contributed by atoms with Crippen LogP contribution in [0.2, 0.25) is 0 Å². The Bertz CT molecular complexity index is 2080. The van der Waals surface area contributed by atoms with Crippen LogP contribution in [0.3, 0.4) is 0 Å². The monoisotopic (exact) mass is 566 g/mol. The van der Waals surface area contributed by atoms with Crippen molar-refractivity contribution >= 4 is 44.0 Å². The predicted molar refractivity (Wildman–Crippen MR) is 195 cm³/mol. The molecule has 214 valence electrons. The second-order valence-corrected chi connectivity index (χ2v) is 11.5. The van der Waals surface area contributed by atoms with Crippen LogP contribution in [-0.4, -0.2) is 0 Å². The molecule has 0 spiro atoms. The molecule has 0 bridgehead atoms. The lowest BCUT2D eigenvalue weighted by Crippen LogP contribution is -1.92. The zero-order chi connectivity index (χ0) is 30.5. The van der Waals surface area contributed by atoms with Crippen molar-refractivity contribution in [2.45, 2.75) is 27.7 Å². The zero-order valence-corrected chi connectivity index (χ0v) is 26.0. The Labute approximate surface area is 261 Å². The molecule has 0 heterocycles. The summed E-state index contributed by atoms with van der Waals surface area (Å²) in [6, 6.07) is 41.6. The molecule has 0 saturated heterocycles. The van der Waals surface area contributed by atoms with Crippen molar-refractivity contribution in [3.63, 3.8) is 0 Å². The summed E-state index contributed by atoms with van der Waals surface area (Å²) in [6.45, 7) is 8.72. The molecular formula is C44H38. The first-order valence-electron chi connectivity index (χ1n) is 15.4. The number of aryl methyl sites for hydroxylation is 1. The van der Waals surface area contributed by atoms with Crippen molar-refractivity contribution in [3.05, 3.63) is 180 Å². The average molecular weight is 567 g/mol. The fraction of sp³-hybridized carbons (Fsp3) is 0.0909. The summed E-state index contributed by atoms with van der Waals surface area (Å²) in [5.74, 6) is 0. The molecule has 0 N–H and O–H groups in total. The fourth-order valence-corrected chi connectivity index (χ4v) is 6.13. The summed E-state index contributed by atoms with van der Waals surface area (Å²) in [4.78, 5) is 0. The Morgan fingerprint density at radius 3 is 1.70 bits per heavy atom. The third kappa shape index (κ3) is 5.85. The van der Waals surface area contributed by atoms with Gasteiger partial charge in [0.1, 0.15) is 0 Å². The Balaban J connectivity index is 1.35. The molecule has 0 heteroatoms. The summed E-state index contributed by atoms with van der Waals surface area (Å²) < 4.78 is 0. The molecule has 0 nitrogen and oxygen atoms in total. The van der Waals surface area contributed by atoms with E-state index in [1.54, 1.807) is 0 Å². The zero-order valence-electron chi connectivity index (χ0n) is 26.0. The van der Waals surface area contributed by atoms with Gasteiger partial charge in [0.25, 0.3) is 0 Å². The minimum absolute atomic E-state index is 1.25. The highest BCUT2D eigenvalue weighted by Gasteiger charge is 2.17. The molecule has 0 fully saturated rings. The number of rotatable bonds is 7. The summed E-state index contributed by atoms with van der Waals surface area (Å²) in [5, 5.41) is 7.67. The van der Waals surface area contributed by atoms with Crippen molar-refractivity contribution in [2.24, 2.45) is 0 Å².